The van der Waals surface area contributed by atoms with Crippen LogP contribution < -0.4 is 15.0 Å². The van der Waals surface area contributed by atoms with E-state index in [0.29, 0.717) is 12.4 Å². The number of nitrogens with one attached hydrogen (secondary N) is 2. The normalized spacial score (nSPS) is 11.2. The van der Waals surface area contributed by atoms with Crippen LogP contribution in [0.4, 0.5) is 4.39 Å². The average Bonchev–Trinajstić information content (AvgIpc) is 3.17. The molecule has 2 aromatic carbocycles. The molecule has 3 aromatic rings. The summed E-state index contributed by atoms with van der Waals surface area (Å²) in [6, 6.07) is 14.4. The van der Waals surface area contributed by atoms with Gasteiger partial charge in [0.1, 0.15) is 17.3 Å². The van der Waals surface area contributed by atoms with E-state index in [-0.39, 0.29) is 22.0 Å². The third-order valence-corrected chi connectivity index (χ3v) is 4.98. The first-order valence-electron chi connectivity index (χ1n) is 8.30. The minimum Gasteiger partial charge on any atom is -0.494 e. The molecule has 28 heavy (non-hydrogen) atoms. The van der Waals surface area contributed by atoms with Crippen molar-refractivity contribution in [1.29, 1.82) is 0 Å². The molecule has 0 fully saturated rings. The fraction of sp³-hybridized carbons (Fsp3) is 0.105. The zero-order valence-corrected chi connectivity index (χ0v) is 15.6. The van der Waals surface area contributed by atoms with Gasteiger partial charge in [-0.2, -0.15) is 0 Å². The van der Waals surface area contributed by atoms with Crippen molar-refractivity contribution in [2.24, 2.45) is 0 Å². The maximum atomic E-state index is 13.8. The van der Waals surface area contributed by atoms with Crippen LogP contribution >= 0.6 is 0 Å². The van der Waals surface area contributed by atoms with Crippen molar-refractivity contribution in [2.45, 2.75) is 11.8 Å². The van der Waals surface area contributed by atoms with Gasteiger partial charge in [0.15, 0.2) is 5.76 Å². The largest absolute Gasteiger partial charge is 0.494 e. The van der Waals surface area contributed by atoms with E-state index in [1.165, 1.54) is 54.6 Å². The van der Waals surface area contributed by atoms with E-state index in [9.17, 15) is 17.6 Å². The quantitative estimate of drug-likeness (QED) is 0.590. The summed E-state index contributed by atoms with van der Waals surface area (Å²) in [5, 5.41) is 0. The number of benzene rings is 2. The van der Waals surface area contributed by atoms with Crippen molar-refractivity contribution in [3.63, 3.8) is 0 Å². The molecule has 7 nitrogen and oxygen atoms in total. The molecular formula is C19H17FN2O5S. The maximum absolute atomic E-state index is 13.8. The first-order chi connectivity index (χ1) is 13.4. The molecule has 0 unspecified atom stereocenters. The lowest BCUT2D eigenvalue weighted by molar-refractivity contribution is 0.0918. The lowest BCUT2D eigenvalue weighted by Crippen LogP contribution is -2.41. The maximum Gasteiger partial charge on any atom is 0.301 e. The second kappa shape index (κ2) is 8.24. The van der Waals surface area contributed by atoms with Crippen molar-refractivity contribution < 1.29 is 26.8 Å². The summed E-state index contributed by atoms with van der Waals surface area (Å²) < 4.78 is 48.9. The number of hydrazine groups is 1. The van der Waals surface area contributed by atoms with Crippen LogP contribution in [0.3, 0.4) is 0 Å². The topological polar surface area (TPSA) is 97.6 Å². The molecule has 0 saturated carbocycles. The SMILES string of the molecule is CCOc1ccc(S(=O)(=O)NNC(=O)c2ccc(-c3ccccc3F)o2)cc1. The number of hydrogen-bond acceptors (Lipinski definition) is 5. The molecule has 1 heterocycles. The Labute approximate surface area is 161 Å². The third kappa shape index (κ3) is 4.38. The van der Waals surface area contributed by atoms with Crippen molar-refractivity contribution >= 4 is 15.9 Å². The average molecular weight is 404 g/mol. The molecule has 3 rings (SSSR count). The molecule has 9 heteroatoms. The van der Waals surface area contributed by atoms with Crippen LogP contribution in [0.15, 0.2) is 70.0 Å². The molecule has 0 bridgehead atoms. The van der Waals surface area contributed by atoms with Crippen molar-refractivity contribution in [2.75, 3.05) is 6.61 Å². The molecule has 0 saturated heterocycles. The molecule has 0 aliphatic carbocycles. The van der Waals surface area contributed by atoms with E-state index < -0.39 is 21.7 Å². The predicted octanol–water partition coefficient (Wildman–Crippen LogP) is 3.11. The molecule has 0 aliphatic rings. The first kappa shape index (κ1) is 19.6. The van der Waals surface area contributed by atoms with Gasteiger partial charge in [0.2, 0.25) is 0 Å². The van der Waals surface area contributed by atoms with Gasteiger partial charge in [0.25, 0.3) is 10.0 Å². The lowest BCUT2D eigenvalue weighted by atomic mass is 10.1. The molecule has 0 aliphatic heterocycles. The number of carbonyl (C=O) groups excluding carboxylic acids is 1. The predicted molar refractivity (Wildman–Crippen MR) is 99.5 cm³/mol. The number of carbonyl (C=O) groups is 1. The molecule has 0 atom stereocenters. The smallest absolute Gasteiger partial charge is 0.301 e. The number of ether oxygens (including phenoxy) is 1. The molecule has 0 radical (unpaired) electrons. The van der Waals surface area contributed by atoms with E-state index in [0.717, 1.165) is 0 Å². The van der Waals surface area contributed by atoms with E-state index >= 15 is 0 Å². The summed E-state index contributed by atoms with van der Waals surface area (Å²) in [4.78, 5) is 14.1. The van der Waals surface area contributed by atoms with Crippen LogP contribution in [0.2, 0.25) is 0 Å². The number of rotatable bonds is 7. The fourth-order valence-corrected chi connectivity index (χ4v) is 3.22. The van der Waals surface area contributed by atoms with Gasteiger partial charge in [-0.05, 0) is 55.5 Å². The Morgan fingerprint density at radius 3 is 2.46 bits per heavy atom. The molecule has 2 N–H and O–H groups in total. The molecule has 1 amide bonds. The highest BCUT2D eigenvalue weighted by molar-refractivity contribution is 7.89. The van der Waals surface area contributed by atoms with E-state index in [1.807, 2.05) is 11.8 Å². The summed E-state index contributed by atoms with van der Waals surface area (Å²) in [5.41, 5.74) is 2.25. The highest BCUT2D eigenvalue weighted by atomic mass is 32.2. The Morgan fingerprint density at radius 2 is 1.79 bits per heavy atom. The van der Waals surface area contributed by atoms with Gasteiger partial charge in [-0.25, -0.2) is 12.8 Å². The standard InChI is InChI=1S/C19H17FN2O5S/c1-2-26-13-7-9-14(10-8-13)28(24,25)22-21-19(23)18-12-11-17(27-18)15-5-3-4-6-16(15)20/h3-12,22H,2H2,1H3,(H,21,23). The fourth-order valence-electron chi connectivity index (χ4n) is 2.38. The summed E-state index contributed by atoms with van der Waals surface area (Å²) in [7, 11) is -3.99. The van der Waals surface area contributed by atoms with E-state index in [1.54, 1.807) is 6.07 Å². The molecule has 146 valence electrons. The Balaban J connectivity index is 1.67. The van der Waals surface area contributed by atoms with Gasteiger partial charge < -0.3 is 9.15 Å². The zero-order chi connectivity index (χ0) is 20.1. The van der Waals surface area contributed by atoms with Gasteiger partial charge >= 0.3 is 5.91 Å². The Morgan fingerprint density at radius 1 is 1.07 bits per heavy atom. The number of halogens is 1. The molecular weight excluding hydrogens is 387 g/mol. The minimum atomic E-state index is -3.99. The van der Waals surface area contributed by atoms with Crippen molar-refractivity contribution in [1.82, 2.24) is 10.3 Å². The second-order valence-electron chi connectivity index (χ2n) is 5.61. The number of furan rings is 1. The van der Waals surface area contributed by atoms with Crippen LogP contribution in [0.5, 0.6) is 5.75 Å². The second-order valence-corrected chi connectivity index (χ2v) is 7.29. The number of amides is 1. The summed E-state index contributed by atoms with van der Waals surface area (Å²) in [6.07, 6.45) is 0. The molecule has 1 aromatic heterocycles. The highest BCUT2D eigenvalue weighted by Crippen LogP contribution is 2.24. The number of sulfonamides is 1. The molecule has 0 spiro atoms. The van der Waals surface area contributed by atoms with Crippen LogP contribution in [0.1, 0.15) is 17.5 Å². The van der Waals surface area contributed by atoms with E-state index in [4.69, 9.17) is 9.15 Å². The summed E-state index contributed by atoms with van der Waals surface area (Å²) in [6.45, 7) is 2.27. The van der Waals surface area contributed by atoms with Crippen LogP contribution in [-0.2, 0) is 10.0 Å². The minimum absolute atomic E-state index is 0.0530. The summed E-state index contributed by atoms with van der Waals surface area (Å²) >= 11 is 0. The lowest BCUT2D eigenvalue weighted by Gasteiger charge is -2.08. The van der Waals surface area contributed by atoms with E-state index in [2.05, 4.69) is 5.43 Å². The first-order valence-corrected chi connectivity index (χ1v) is 9.79. The van der Waals surface area contributed by atoms with Crippen LogP contribution in [0.25, 0.3) is 11.3 Å². The van der Waals surface area contributed by atoms with Crippen LogP contribution in [-0.4, -0.2) is 20.9 Å². The Kier molecular flexibility index (Phi) is 5.76. The highest BCUT2D eigenvalue weighted by Gasteiger charge is 2.18. The van der Waals surface area contributed by atoms with Crippen molar-refractivity contribution in [3.05, 3.63) is 72.2 Å². The van der Waals surface area contributed by atoms with Crippen molar-refractivity contribution in [3.8, 4) is 17.1 Å². The van der Waals surface area contributed by atoms with Crippen LogP contribution in [0, 0.1) is 5.82 Å². The monoisotopic (exact) mass is 404 g/mol. The van der Waals surface area contributed by atoms with Gasteiger partial charge in [0.05, 0.1) is 17.1 Å². The van der Waals surface area contributed by atoms with Gasteiger partial charge in [-0.15, -0.1) is 4.83 Å². The Hall–Kier alpha value is -3.17. The van der Waals surface area contributed by atoms with Gasteiger partial charge in [0, 0.05) is 0 Å². The zero-order valence-electron chi connectivity index (χ0n) is 14.8. The Bertz CT molecular complexity index is 1080. The van der Waals surface area contributed by atoms with Gasteiger partial charge in [-0.1, -0.05) is 12.1 Å². The van der Waals surface area contributed by atoms with Gasteiger partial charge in [-0.3, -0.25) is 10.2 Å². The third-order valence-electron chi connectivity index (χ3n) is 3.71. The summed E-state index contributed by atoms with van der Waals surface area (Å²) in [5.74, 6) is -0.816. The number of hydrogen-bond donors (Lipinski definition) is 2.